The molecule has 0 aliphatic carbocycles. The Hall–Kier alpha value is -4.78. The van der Waals surface area contributed by atoms with Crippen LogP contribution in [0.5, 0.6) is 5.75 Å². The highest BCUT2D eigenvalue weighted by molar-refractivity contribution is 7.17. The molecule has 6 rings (SSSR count). The van der Waals surface area contributed by atoms with Crippen LogP contribution in [0.3, 0.4) is 0 Å². The molecule has 2 aromatic heterocycles. The van der Waals surface area contributed by atoms with Crippen molar-refractivity contribution in [2.45, 2.75) is 12.3 Å². The molecule has 2 aromatic carbocycles. The minimum atomic E-state index is -0.406. The molecule has 1 saturated heterocycles. The van der Waals surface area contributed by atoms with Crippen LogP contribution >= 0.6 is 11.3 Å². The lowest BCUT2D eigenvalue weighted by atomic mass is 9.88. The van der Waals surface area contributed by atoms with E-state index in [9.17, 15) is 14.4 Å². The Morgan fingerprint density at radius 1 is 1.09 bits per heavy atom. The third-order valence-corrected chi connectivity index (χ3v) is 8.55. The van der Waals surface area contributed by atoms with Gasteiger partial charge < -0.3 is 29.5 Å². The lowest BCUT2D eigenvalue weighted by Gasteiger charge is -2.25. The normalized spacial score (nSPS) is 18.9. The highest BCUT2D eigenvalue weighted by atomic mass is 32.1. The second kappa shape index (κ2) is 13.5. The highest BCUT2D eigenvalue weighted by Crippen LogP contribution is 2.35. The predicted octanol–water partition coefficient (Wildman–Crippen LogP) is 2.63. The van der Waals surface area contributed by atoms with Gasteiger partial charge in [-0.05, 0) is 36.2 Å². The molecule has 4 heterocycles. The van der Waals surface area contributed by atoms with E-state index < -0.39 is 5.92 Å². The lowest BCUT2D eigenvalue weighted by Crippen LogP contribution is -2.39. The molecular weight excluding hydrogens is 572 g/mol. The van der Waals surface area contributed by atoms with E-state index in [0.717, 1.165) is 15.8 Å². The molecule has 2 aliphatic heterocycles. The van der Waals surface area contributed by atoms with Crippen molar-refractivity contribution < 1.29 is 29.0 Å². The zero-order valence-electron chi connectivity index (χ0n) is 23.6. The van der Waals surface area contributed by atoms with Gasteiger partial charge in [0.1, 0.15) is 18.1 Å². The van der Waals surface area contributed by atoms with Crippen molar-refractivity contribution in [1.29, 1.82) is 0 Å². The van der Waals surface area contributed by atoms with Crippen molar-refractivity contribution >= 4 is 45.7 Å². The number of hydrogen-bond donors (Lipinski definition) is 2. The third kappa shape index (κ3) is 6.51. The van der Waals surface area contributed by atoms with Gasteiger partial charge in [0.25, 0.3) is 18.3 Å². The topological polar surface area (TPSA) is 147 Å². The van der Waals surface area contributed by atoms with E-state index in [1.165, 1.54) is 11.3 Å². The SMILES string of the molecule is Cn1cncc1C(=O)N1C[C@@H]2C(=O)NCCCN(C(=O)c3cccc4ncsc34)CCOc3cccc(c3)[C@H]2C1.O=CO. The molecule has 2 atom stereocenters. The average Bonchev–Trinajstić information content (AvgIpc) is 3.77. The number of hydrogen-bond acceptors (Lipinski definition) is 8. The van der Waals surface area contributed by atoms with E-state index in [0.29, 0.717) is 62.8 Å². The number of carboxylic acid groups (broad SMARTS) is 1. The van der Waals surface area contributed by atoms with Crippen LogP contribution in [0.2, 0.25) is 0 Å². The monoisotopic (exact) mass is 604 g/mol. The average molecular weight is 605 g/mol. The molecule has 12 nitrogen and oxygen atoms in total. The van der Waals surface area contributed by atoms with Gasteiger partial charge in [-0.2, -0.15) is 0 Å². The number of amides is 3. The fourth-order valence-corrected chi connectivity index (χ4v) is 6.35. The van der Waals surface area contributed by atoms with E-state index in [4.69, 9.17) is 14.6 Å². The summed E-state index contributed by atoms with van der Waals surface area (Å²) in [5.74, 6) is -0.219. The van der Waals surface area contributed by atoms with E-state index >= 15 is 0 Å². The second-order valence-electron chi connectivity index (χ2n) is 10.3. The van der Waals surface area contributed by atoms with Crippen molar-refractivity contribution in [1.82, 2.24) is 29.7 Å². The first-order chi connectivity index (χ1) is 20.9. The minimum Gasteiger partial charge on any atom is -0.492 e. The van der Waals surface area contributed by atoms with Crippen molar-refractivity contribution in [3.05, 3.63) is 77.3 Å². The van der Waals surface area contributed by atoms with E-state index in [1.807, 2.05) is 42.5 Å². The van der Waals surface area contributed by atoms with Gasteiger partial charge in [-0.3, -0.25) is 19.2 Å². The van der Waals surface area contributed by atoms with Gasteiger partial charge in [0.05, 0.1) is 46.3 Å². The number of aryl methyl sites for hydroxylation is 1. The molecule has 43 heavy (non-hydrogen) atoms. The highest BCUT2D eigenvalue weighted by Gasteiger charge is 2.41. The quantitative estimate of drug-likeness (QED) is 0.332. The standard InChI is InChI=1S/C29H30N6O4S.CH2O2/c1-33-17-30-14-25(33)29(38)35-15-22-19-5-2-6-20(13-19)39-12-11-34(10-4-9-31-27(36)23(22)16-35)28(37)21-7-3-8-24-26(21)40-18-32-24;2-1-3/h2-3,5-8,13-14,17-18,22-23H,4,9-12,15-16H2,1H3,(H,31,36);1H,(H,2,3)/t22-,23+;/m1./s1. The summed E-state index contributed by atoms with van der Waals surface area (Å²) in [5.41, 5.74) is 4.61. The molecule has 2 bridgehead atoms. The Morgan fingerprint density at radius 2 is 1.88 bits per heavy atom. The summed E-state index contributed by atoms with van der Waals surface area (Å²) < 4.78 is 8.67. The van der Waals surface area contributed by atoms with Crippen LogP contribution in [0.4, 0.5) is 0 Å². The van der Waals surface area contributed by atoms with E-state index in [-0.39, 0.29) is 30.1 Å². The number of nitrogens with zero attached hydrogens (tertiary/aromatic N) is 5. The van der Waals surface area contributed by atoms with Crippen LogP contribution in [-0.4, -0.2) is 93.0 Å². The molecule has 1 fully saturated rings. The second-order valence-corrected chi connectivity index (χ2v) is 11.1. The van der Waals surface area contributed by atoms with Gasteiger partial charge >= 0.3 is 0 Å². The molecule has 2 aliphatic rings. The van der Waals surface area contributed by atoms with Crippen LogP contribution < -0.4 is 10.1 Å². The maximum absolute atomic E-state index is 13.6. The first-order valence-corrected chi connectivity index (χ1v) is 14.7. The number of likely N-dealkylation sites (tertiary alicyclic amines) is 1. The van der Waals surface area contributed by atoms with Crippen molar-refractivity contribution in [3.8, 4) is 5.75 Å². The molecule has 3 amide bonds. The van der Waals surface area contributed by atoms with E-state index in [1.54, 1.807) is 39.4 Å². The number of nitrogens with one attached hydrogen (secondary N) is 1. The largest absolute Gasteiger partial charge is 0.492 e. The Kier molecular flexibility index (Phi) is 9.30. The van der Waals surface area contributed by atoms with Gasteiger partial charge in [0, 0.05) is 39.1 Å². The van der Waals surface area contributed by atoms with Crippen LogP contribution in [0, 0.1) is 5.92 Å². The number of imidazole rings is 1. The maximum Gasteiger partial charge on any atom is 0.290 e. The van der Waals surface area contributed by atoms with Crippen LogP contribution in [0.1, 0.15) is 38.7 Å². The van der Waals surface area contributed by atoms with Gasteiger partial charge in [0.15, 0.2) is 0 Å². The summed E-state index contributed by atoms with van der Waals surface area (Å²) >= 11 is 1.45. The van der Waals surface area contributed by atoms with Crippen molar-refractivity contribution in [2.24, 2.45) is 13.0 Å². The molecule has 0 spiro atoms. The first-order valence-electron chi connectivity index (χ1n) is 13.9. The Balaban J connectivity index is 0.00000118. The van der Waals surface area contributed by atoms with Gasteiger partial charge in [0.2, 0.25) is 5.91 Å². The predicted molar refractivity (Wildman–Crippen MR) is 159 cm³/mol. The number of carbonyl (C=O) groups is 4. The smallest absolute Gasteiger partial charge is 0.290 e. The summed E-state index contributed by atoms with van der Waals surface area (Å²) in [6.07, 6.45) is 3.74. The Bertz CT molecular complexity index is 1620. The summed E-state index contributed by atoms with van der Waals surface area (Å²) in [4.78, 5) is 60.6. The molecule has 224 valence electrons. The fraction of sp³-hybridized carbons (Fsp3) is 0.333. The molecule has 0 unspecified atom stereocenters. The maximum atomic E-state index is 13.6. The Labute approximate surface area is 251 Å². The van der Waals surface area contributed by atoms with Gasteiger partial charge in [-0.1, -0.05) is 18.2 Å². The number of fused-ring (bicyclic) bond motifs is 5. The van der Waals surface area contributed by atoms with Gasteiger partial charge in [-0.25, -0.2) is 9.97 Å². The van der Waals surface area contributed by atoms with Crippen molar-refractivity contribution in [2.75, 3.05) is 39.3 Å². The number of carbonyl (C=O) groups excluding carboxylic acids is 3. The van der Waals surface area contributed by atoms with Crippen LogP contribution in [0.25, 0.3) is 10.2 Å². The summed E-state index contributed by atoms with van der Waals surface area (Å²) in [7, 11) is 1.78. The molecule has 13 heteroatoms. The number of thiazole rings is 1. The third-order valence-electron chi connectivity index (χ3n) is 7.67. The number of ether oxygens (including phenoxy) is 1. The Morgan fingerprint density at radius 3 is 2.67 bits per heavy atom. The summed E-state index contributed by atoms with van der Waals surface area (Å²) in [5, 5.41) is 9.96. The summed E-state index contributed by atoms with van der Waals surface area (Å²) in [6.45, 7) is 2.13. The first kappa shape index (κ1) is 29.7. The number of benzene rings is 2. The number of rotatable bonds is 2. The van der Waals surface area contributed by atoms with Crippen LogP contribution in [-0.2, 0) is 16.6 Å². The fourth-order valence-electron chi connectivity index (χ4n) is 5.56. The molecule has 0 saturated carbocycles. The van der Waals surface area contributed by atoms with Crippen LogP contribution in [0.15, 0.2) is 60.5 Å². The zero-order valence-corrected chi connectivity index (χ0v) is 24.4. The molecular formula is C30H32N6O6S. The summed E-state index contributed by atoms with van der Waals surface area (Å²) in [6, 6.07) is 13.3. The lowest BCUT2D eigenvalue weighted by molar-refractivity contribution is -0.125. The molecule has 4 aromatic rings. The van der Waals surface area contributed by atoms with E-state index in [2.05, 4.69) is 15.3 Å². The zero-order chi connectivity index (χ0) is 30.3. The van der Waals surface area contributed by atoms with Crippen molar-refractivity contribution in [3.63, 3.8) is 0 Å². The minimum absolute atomic E-state index is 0.0780. The number of aromatic nitrogens is 3. The molecule has 2 N–H and O–H groups in total. The molecule has 0 radical (unpaired) electrons. The van der Waals surface area contributed by atoms with Gasteiger partial charge in [-0.15, -0.1) is 11.3 Å².